The first-order valence-electron chi connectivity index (χ1n) is 9.60. The number of rotatable bonds is 5. The van der Waals surface area contributed by atoms with Gasteiger partial charge in [0.05, 0.1) is 31.9 Å². The lowest BCUT2D eigenvalue weighted by Gasteiger charge is -2.22. The summed E-state index contributed by atoms with van der Waals surface area (Å²) in [6.45, 7) is 0.845. The molecule has 2 unspecified atom stereocenters. The van der Waals surface area contributed by atoms with E-state index in [2.05, 4.69) is 20.5 Å². The summed E-state index contributed by atoms with van der Waals surface area (Å²) in [5, 5.41) is 13.2. The number of nitrogens with zero attached hydrogens (tertiary/aromatic N) is 5. The average molecular weight is 404 g/mol. The molecule has 0 bridgehead atoms. The Labute approximate surface area is 171 Å². The number of hydrogen-bond donors (Lipinski definition) is 1. The molecule has 2 atom stereocenters. The normalized spacial score (nSPS) is 18.6. The number of methoxy groups -OCH3 is 1. The number of aromatic nitrogens is 5. The molecule has 9 nitrogen and oxygen atoms in total. The van der Waals surface area contributed by atoms with Crippen molar-refractivity contribution in [2.24, 2.45) is 0 Å². The fraction of sp³-hybridized carbons (Fsp3) is 0.238. The molecule has 0 aliphatic carbocycles. The van der Waals surface area contributed by atoms with Crippen molar-refractivity contribution in [3.8, 4) is 11.6 Å². The Morgan fingerprint density at radius 3 is 2.93 bits per heavy atom. The van der Waals surface area contributed by atoms with Crippen molar-refractivity contribution in [1.82, 2.24) is 24.5 Å². The van der Waals surface area contributed by atoms with Gasteiger partial charge in [-0.1, -0.05) is 0 Å². The third-order valence-electron chi connectivity index (χ3n) is 5.20. The Balaban J connectivity index is 1.49. The fourth-order valence-corrected chi connectivity index (χ4v) is 3.68. The van der Waals surface area contributed by atoms with Crippen LogP contribution < -0.4 is 15.6 Å². The van der Waals surface area contributed by atoms with Crippen molar-refractivity contribution < 1.29 is 9.47 Å². The number of fused-ring (bicyclic) bond motifs is 1. The summed E-state index contributed by atoms with van der Waals surface area (Å²) < 4.78 is 14.2. The third kappa shape index (κ3) is 3.29. The van der Waals surface area contributed by atoms with Crippen molar-refractivity contribution in [3.05, 3.63) is 71.4 Å². The molecule has 3 aromatic heterocycles. The van der Waals surface area contributed by atoms with E-state index in [0.29, 0.717) is 19.0 Å². The highest BCUT2D eigenvalue weighted by atomic mass is 16.5. The van der Waals surface area contributed by atoms with Crippen LogP contribution in [0.25, 0.3) is 16.7 Å². The van der Waals surface area contributed by atoms with Gasteiger partial charge in [-0.15, -0.1) is 5.10 Å². The number of nitrogens with one attached hydrogen (secondary N) is 1. The predicted molar refractivity (Wildman–Crippen MR) is 111 cm³/mol. The second-order valence-electron chi connectivity index (χ2n) is 7.02. The maximum absolute atomic E-state index is 12.6. The number of ether oxygens (including phenoxy) is 2. The first-order valence-corrected chi connectivity index (χ1v) is 9.60. The number of anilines is 1. The molecule has 0 spiro atoms. The van der Waals surface area contributed by atoms with E-state index < -0.39 is 0 Å². The van der Waals surface area contributed by atoms with E-state index in [1.807, 2.05) is 30.3 Å². The molecule has 4 heterocycles. The van der Waals surface area contributed by atoms with Crippen LogP contribution in [0.1, 0.15) is 6.04 Å². The molecule has 1 saturated heterocycles. The van der Waals surface area contributed by atoms with E-state index in [9.17, 15) is 4.79 Å². The summed E-state index contributed by atoms with van der Waals surface area (Å²) in [6.07, 6.45) is 5.21. The quantitative estimate of drug-likeness (QED) is 0.544. The van der Waals surface area contributed by atoms with Crippen LogP contribution in [-0.4, -0.2) is 50.9 Å². The lowest BCUT2D eigenvalue weighted by atomic mass is 10.1. The second kappa shape index (κ2) is 7.60. The number of benzene rings is 1. The Morgan fingerprint density at radius 2 is 2.10 bits per heavy atom. The molecule has 1 aliphatic rings. The van der Waals surface area contributed by atoms with Crippen molar-refractivity contribution >= 4 is 16.6 Å². The van der Waals surface area contributed by atoms with Gasteiger partial charge < -0.3 is 14.8 Å². The van der Waals surface area contributed by atoms with Gasteiger partial charge in [0.1, 0.15) is 11.8 Å². The van der Waals surface area contributed by atoms with Gasteiger partial charge in [0, 0.05) is 35.7 Å². The van der Waals surface area contributed by atoms with E-state index in [4.69, 9.17) is 9.47 Å². The second-order valence-corrected chi connectivity index (χ2v) is 7.02. The molecule has 1 fully saturated rings. The fourth-order valence-electron chi connectivity index (χ4n) is 3.68. The van der Waals surface area contributed by atoms with Crippen LogP contribution in [0.4, 0.5) is 5.69 Å². The summed E-state index contributed by atoms with van der Waals surface area (Å²) >= 11 is 0. The van der Waals surface area contributed by atoms with E-state index in [1.54, 1.807) is 36.4 Å². The van der Waals surface area contributed by atoms with Crippen LogP contribution in [0.5, 0.6) is 5.75 Å². The summed E-state index contributed by atoms with van der Waals surface area (Å²) in [5.74, 6) is 1.33. The lowest BCUT2D eigenvalue weighted by Crippen LogP contribution is -2.37. The third-order valence-corrected chi connectivity index (χ3v) is 5.20. The van der Waals surface area contributed by atoms with Crippen LogP contribution in [0.2, 0.25) is 0 Å². The molecule has 152 valence electrons. The number of pyridine rings is 1. The molecule has 1 N–H and O–H groups in total. The van der Waals surface area contributed by atoms with Crippen LogP contribution in [0.3, 0.4) is 0 Å². The maximum Gasteiger partial charge on any atom is 0.267 e. The highest BCUT2D eigenvalue weighted by Crippen LogP contribution is 2.29. The molecule has 1 aliphatic heterocycles. The summed E-state index contributed by atoms with van der Waals surface area (Å²) in [6, 6.07) is 12.2. The summed E-state index contributed by atoms with van der Waals surface area (Å²) in [5.41, 5.74) is 1.57. The zero-order valence-electron chi connectivity index (χ0n) is 16.3. The average Bonchev–Trinajstić information content (AvgIpc) is 3.46. The Morgan fingerprint density at radius 1 is 1.17 bits per heavy atom. The largest absolute Gasteiger partial charge is 0.497 e. The smallest absolute Gasteiger partial charge is 0.267 e. The first kappa shape index (κ1) is 18.3. The minimum atomic E-state index is -0.262. The maximum atomic E-state index is 12.6. The SMILES string of the molecule is COc1ccc2nccc(NC3COCC3n3nc(-n4cccn4)ccc3=O)c2c1. The van der Waals surface area contributed by atoms with E-state index in [-0.39, 0.29) is 17.6 Å². The Kier molecular flexibility index (Phi) is 4.64. The molecular weight excluding hydrogens is 384 g/mol. The zero-order chi connectivity index (χ0) is 20.5. The topological polar surface area (TPSA) is 96.1 Å². The van der Waals surface area contributed by atoms with Gasteiger partial charge in [-0.05, 0) is 36.4 Å². The van der Waals surface area contributed by atoms with Crippen molar-refractivity contribution in [3.63, 3.8) is 0 Å². The lowest BCUT2D eigenvalue weighted by molar-refractivity contribution is 0.182. The molecule has 0 amide bonds. The molecule has 5 rings (SSSR count). The van der Waals surface area contributed by atoms with Gasteiger partial charge in [-0.25, -0.2) is 9.36 Å². The zero-order valence-corrected chi connectivity index (χ0v) is 16.3. The van der Waals surface area contributed by atoms with Gasteiger partial charge in [0.2, 0.25) is 0 Å². The van der Waals surface area contributed by atoms with Crippen LogP contribution >= 0.6 is 0 Å². The first-order chi connectivity index (χ1) is 14.7. The monoisotopic (exact) mass is 404 g/mol. The molecule has 30 heavy (non-hydrogen) atoms. The number of hydrogen-bond acceptors (Lipinski definition) is 7. The molecule has 4 aromatic rings. The van der Waals surface area contributed by atoms with E-state index in [1.165, 1.54) is 10.7 Å². The highest BCUT2D eigenvalue weighted by molar-refractivity contribution is 5.92. The Bertz CT molecular complexity index is 1240. The van der Waals surface area contributed by atoms with E-state index >= 15 is 0 Å². The minimum absolute atomic E-state index is 0.139. The molecule has 1 aromatic carbocycles. The standard InChI is InChI=1S/C21H20N6O3/c1-29-14-3-4-16-15(11-14)17(7-9-22-16)24-18-12-30-13-19(18)27-21(28)6-5-20(25-27)26-10-2-8-23-26/h2-11,18-19H,12-13H2,1H3,(H,22,24). The Hall–Kier alpha value is -3.72. The van der Waals surface area contributed by atoms with Crippen LogP contribution in [0, 0.1) is 0 Å². The van der Waals surface area contributed by atoms with Gasteiger partial charge in [0.25, 0.3) is 5.56 Å². The summed E-state index contributed by atoms with van der Waals surface area (Å²) in [4.78, 5) is 17.0. The molecular formula is C21H20N6O3. The van der Waals surface area contributed by atoms with Gasteiger partial charge in [-0.2, -0.15) is 5.10 Å². The van der Waals surface area contributed by atoms with E-state index in [0.717, 1.165) is 22.3 Å². The predicted octanol–water partition coefficient (Wildman–Crippen LogP) is 2.04. The van der Waals surface area contributed by atoms with Gasteiger partial charge >= 0.3 is 0 Å². The minimum Gasteiger partial charge on any atom is -0.497 e. The van der Waals surface area contributed by atoms with Gasteiger partial charge in [-0.3, -0.25) is 9.78 Å². The highest BCUT2D eigenvalue weighted by Gasteiger charge is 2.32. The molecule has 0 radical (unpaired) electrons. The van der Waals surface area contributed by atoms with Crippen molar-refractivity contribution in [2.45, 2.75) is 12.1 Å². The van der Waals surface area contributed by atoms with Crippen molar-refractivity contribution in [2.75, 3.05) is 25.6 Å². The summed E-state index contributed by atoms with van der Waals surface area (Å²) in [7, 11) is 1.64. The van der Waals surface area contributed by atoms with Crippen LogP contribution in [0.15, 0.2) is 65.8 Å². The van der Waals surface area contributed by atoms with Crippen molar-refractivity contribution in [1.29, 1.82) is 0 Å². The van der Waals surface area contributed by atoms with Crippen LogP contribution in [-0.2, 0) is 4.74 Å². The molecule has 9 heteroatoms. The molecule has 0 saturated carbocycles. The van der Waals surface area contributed by atoms with Gasteiger partial charge in [0.15, 0.2) is 5.82 Å².